The van der Waals surface area contributed by atoms with Crippen LogP contribution in [0.4, 0.5) is 26.3 Å². The van der Waals surface area contributed by atoms with E-state index in [-0.39, 0.29) is 35.9 Å². The number of nitrogens with zero attached hydrogens (tertiary/aromatic N) is 8. The highest BCUT2D eigenvalue weighted by Crippen LogP contribution is 2.33. The lowest BCUT2D eigenvalue weighted by Gasteiger charge is -2.19. The van der Waals surface area contributed by atoms with Gasteiger partial charge in [0.2, 0.25) is 5.82 Å². The molecule has 12 nitrogen and oxygen atoms in total. The third kappa shape index (κ3) is 6.71. The molecule has 1 aliphatic rings. The Morgan fingerprint density at radius 2 is 1.80 bits per heavy atom. The number of rotatable bonds is 7. The minimum Gasteiger partial charge on any atom is -0.388 e. The molecular formula is C26H23ClF6N8O4. The van der Waals surface area contributed by atoms with E-state index in [2.05, 4.69) is 20.2 Å². The molecule has 1 fully saturated rings. The number of β-amino-alcohol motifs (C(OH)–C–C–N with tert-alkyl or cyclic N) is 1. The van der Waals surface area contributed by atoms with Crippen LogP contribution in [0.15, 0.2) is 47.4 Å². The number of benzene rings is 1. The van der Waals surface area contributed by atoms with Crippen molar-refractivity contribution in [2.75, 3.05) is 13.1 Å². The van der Waals surface area contributed by atoms with Gasteiger partial charge in [0, 0.05) is 29.9 Å². The molecule has 4 heterocycles. The highest BCUT2D eigenvalue weighted by atomic mass is 35.5. The first kappa shape index (κ1) is 32.1. The zero-order valence-corrected chi connectivity index (χ0v) is 23.8. The first-order valence-corrected chi connectivity index (χ1v) is 13.5. The number of alkyl halides is 6. The minimum atomic E-state index is -5.08. The van der Waals surface area contributed by atoms with Crippen LogP contribution in [-0.4, -0.2) is 86.1 Å². The Morgan fingerprint density at radius 1 is 1.11 bits per heavy atom. The van der Waals surface area contributed by atoms with Crippen LogP contribution in [0.5, 0.6) is 0 Å². The molecule has 1 unspecified atom stereocenters. The number of carbonyl (C=O) groups excluding carboxylic acids is 1. The Hall–Kier alpha value is -4.29. The first-order valence-electron chi connectivity index (χ1n) is 13.1. The molecule has 2 N–H and O–H groups in total. The van der Waals surface area contributed by atoms with Crippen molar-refractivity contribution in [2.45, 2.75) is 50.5 Å². The fourth-order valence-electron chi connectivity index (χ4n) is 4.69. The van der Waals surface area contributed by atoms with E-state index < -0.39 is 71.8 Å². The van der Waals surface area contributed by atoms with Crippen molar-refractivity contribution < 1.29 is 41.4 Å². The molecule has 1 saturated heterocycles. The van der Waals surface area contributed by atoms with Crippen LogP contribution >= 0.6 is 11.6 Å². The topological polar surface area (TPSA) is 144 Å². The predicted octanol–water partition coefficient (Wildman–Crippen LogP) is 2.93. The van der Waals surface area contributed by atoms with E-state index in [9.17, 15) is 46.1 Å². The van der Waals surface area contributed by atoms with Crippen molar-refractivity contribution in [3.63, 3.8) is 0 Å². The number of amides is 1. The zero-order valence-electron chi connectivity index (χ0n) is 23.1. The molecule has 0 aliphatic carbocycles. The fraction of sp³-hybridized carbons (Fsp3) is 0.385. The Balaban J connectivity index is 1.61. The van der Waals surface area contributed by atoms with Crippen molar-refractivity contribution in [3.05, 3.63) is 75.3 Å². The number of aromatic nitrogens is 7. The molecule has 45 heavy (non-hydrogen) atoms. The van der Waals surface area contributed by atoms with Gasteiger partial charge in [0.05, 0.1) is 12.1 Å². The van der Waals surface area contributed by atoms with Gasteiger partial charge in [-0.2, -0.15) is 31.0 Å². The van der Waals surface area contributed by atoms with Gasteiger partial charge >= 0.3 is 18.0 Å². The van der Waals surface area contributed by atoms with E-state index in [1.165, 1.54) is 36.1 Å². The van der Waals surface area contributed by atoms with Gasteiger partial charge in [0.15, 0.2) is 23.6 Å². The van der Waals surface area contributed by atoms with Crippen LogP contribution in [0, 0.1) is 0 Å². The van der Waals surface area contributed by atoms with Gasteiger partial charge in [-0.15, -0.1) is 10.2 Å². The molecule has 0 bridgehead atoms. The number of aliphatic hydroxyl groups is 2. The maximum atomic E-state index is 13.9. The molecule has 2 atom stereocenters. The smallest absolute Gasteiger partial charge is 0.388 e. The Bertz CT molecular complexity index is 1780. The van der Waals surface area contributed by atoms with Crippen molar-refractivity contribution in [2.24, 2.45) is 0 Å². The van der Waals surface area contributed by atoms with Crippen molar-refractivity contribution >= 4 is 17.5 Å². The maximum absolute atomic E-state index is 13.9. The van der Waals surface area contributed by atoms with E-state index in [1.807, 2.05) is 0 Å². The molecule has 0 radical (unpaired) electrons. The average molecular weight is 661 g/mol. The van der Waals surface area contributed by atoms with Crippen LogP contribution in [0.3, 0.4) is 0 Å². The van der Waals surface area contributed by atoms with Gasteiger partial charge in [-0.25, -0.2) is 19.4 Å². The Labute approximate surface area is 254 Å². The molecule has 1 aliphatic heterocycles. The summed E-state index contributed by atoms with van der Waals surface area (Å²) in [5.74, 6) is -3.01. The maximum Gasteiger partial charge on any atom is 0.420 e. The SMILES string of the molecule is CC1(O)CCN(C(=O)c2nc(Cn3nc(-c4ccc(Cl)cc4)n(C[C@H](O)C(F)(F)F)c3=O)nn2-c2ncccc2C(F)(F)F)C1. The third-order valence-electron chi connectivity index (χ3n) is 6.92. The number of hydrogen-bond donors (Lipinski definition) is 2. The largest absolute Gasteiger partial charge is 0.420 e. The number of pyridine rings is 1. The second kappa shape index (κ2) is 11.6. The number of halogens is 7. The van der Waals surface area contributed by atoms with Gasteiger partial charge in [0.1, 0.15) is 12.1 Å². The summed E-state index contributed by atoms with van der Waals surface area (Å²) in [5.41, 5.74) is -3.50. The predicted molar refractivity (Wildman–Crippen MR) is 143 cm³/mol. The number of hydrogen-bond acceptors (Lipinski definition) is 8. The number of likely N-dealkylation sites (tertiary alicyclic amines) is 1. The molecule has 4 aromatic rings. The highest BCUT2D eigenvalue weighted by molar-refractivity contribution is 6.30. The third-order valence-corrected chi connectivity index (χ3v) is 7.18. The summed E-state index contributed by atoms with van der Waals surface area (Å²) in [6.45, 7) is -0.554. The molecule has 0 spiro atoms. The van der Waals surface area contributed by atoms with Gasteiger partial charge in [-0.3, -0.25) is 9.36 Å². The lowest BCUT2D eigenvalue weighted by Crippen LogP contribution is -2.37. The summed E-state index contributed by atoms with van der Waals surface area (Å²) >= 11 is 5.90. The lowest BCUT2D eigenvalue weighted by molar-refractivity contribution is -0.207. The summed E-state index contributed by atoms with van der Waals surface area (Å²) in [6, 6.07) is 7.29. The van der Waals surface area contributed by atoms with Gasteiger partial charge in [-0.1, -0.05) is 11.6 Å². The summed E-state index contributed by atoms with van der Waals surface area (Å²) in [5, 5.41) is 28.4. The van der Waals surface area contributed by atoms with E-state index in [4.69, 9.17) is 11.6 Å². The van der Waals surface area contributed by atoms with E-state index in [1.54, 1.807) is 0 Å². The normalized spacial score (nSPS) is 18.0. The van der Waals surface area contributed by atoms with Gasteiger partial charge in [-0.05, 0) is 49.7 Å². The van der Waals surface area contributed by atoms with E-state index >= 15 is 0 Å². The van der Waals surface area contributed by atoms with Crippen LogP contribution in [0.2, 0.25) is 5.02 Å². The van der Waals surface area contributed by atoms with Crippen LogP contribution < -0.4 is 5.69 Å². The minimum absolute atomic E-state index is 0.0538. The first-order chi connectivity index (χ1) is 20.9. The van der Waals surface area contributed by atoms with Crippen LogP contribution in [0.1, 0.15) is 35.4 Å². The molecular weight excluding hydrogens is 638 g/mol. The van der Waals surface area contributed by atoms with Crippen molar-refractivity contribution in [1.82, 2.24) is 39.0 Å². The van der Waals surface area contributed by atoms with Gasteiger partial charge < -0.3 is 15.1 Å². The molecule has 5 rings (SSSR count). The van der Waals surface area contributed by atoms with Crippen molar-refractivity contribution in [1.29, 1.82) is 0 Å². The number of aliphatic hydroxyl groups excluding tert-OH is 1. The second-order valence-corrected chi connectivity index (χ2v) is 11.0. The summed E-state index contributed by atoms with van der Waals surface area (Å²) < 4.78 is 83.1. The summed E-state index contributed by atoms with van der Waals surface area (Å²) in [4.78, 5) is 35.8. The van der Waals surface area contributed by atoms with E-state index in [0.29, 0.717) is 13.9 Å². The quantitative estimate of drug-likeness (QED) is 0.288. The van der Waals surface area contributed by atoms with E-state index in [0.717, 1.165) is 18.3 Å². The Kier molecular flexibility index (Phi) is 8.26. The molecule has 1 amide bonds. The average Bonchev–Trinajstić information content (AvgIpc) is 3.63. The molecule has 240 valence electrons. The highest BCUT2D eigenvalue weighted by Gasteiger charge is 2.41. The fourth-order valence-corrected chi connectivity index (χ4v) is 4.81. The standard InChI is InChI=1S/C26H23ClF6N8O4/c1-24(45)8-10-38(13-24)22(43)21-35-18(36-41(21)20-16(25(28,29)30)3-2-9-34-20)12-40-23(44)39(11-17(42)26(31,32)33)19(37-40)14-4-6-15(27)7-5-14/h2-7,9,17,42,45H,8,10-13H2,1H3/t17-,24?/m0/s1. The monoisotopic (exact) mass is 660 g/mol. The zero-order chi connectivity index (χ0) is 32.9. The molecule has 19 heteroatoms. The molecule has 3 aromatic heterocycles. The Morgan fingerprint density at radius 3 is 2.40 bits per heavy atom. The summed E-state index contributed by atoms with van der Waals surface area (Å²) in [7, 11) is 0. The van der Waals surface area contributed by atoms with Crippen LogP contribution in [0.25, 0.3) is 17.2 Å². The second-order valence-electron chi connectivity index (χ2n) is 10.5. The van der Waals surface area contributed by atoms with Gasteiger partial charge in [0.25, 0.3) is 5.91 Å². The number of carbonyl (C=O) groups is 1. The lowest BCUT2D eigenvalue weighted by atomic mass is 10.1. The molecule has 1 aromatic carbocycles. The summed E-state index contributed by atoms with van der Waals surface area (Å²) in [6.07, 6.45) is -11.7. The van der Waals surface area contributed by atoms with Crippen LogP contribution in [-0.2, 0) is 19.3 Å². The van der Waals surface area contributed by atoms with Crippen molar-refractivity contribution in [3.8, 4) is 17.2 Å². The molecule has 0 saturated carbocycles.